The Morgan fingerprint density at radius 2 is 2.07 bits per heavy atom. The average molecular weight is 400 g/mol. The molecule has 0 bridgehead atoms. The number of alkyl halides is 3. The number of hydrogen-bond acceptors (Lipinski definition) is 5. The topological polar surface area (TPSA) is 84.7 Å². The zero-order valence-electron chi connectivity index (χ0n) is 15.1. The summed E-state index contributed by atoms with van der Waals surface area (Å²) in [5.41, 5.74) is 0.705. The largest absolute Gasteiger partial charge is 0.416 e. The van der Waals surface area contributed by atoms with Gasteiger partial charge in [-0.15, -0.1) is 0 Å². The summed E-state index contributed by atoms with van der Waals surface area (Å²) in [7, 11) is 0. The predicted molar refractivity (Wildman–Crippen MR) is 98.8 cm³/mol. The molecule has 0 saturated heterocycles. The molecular formula is C19H15F3N6O. The molecule has 0 fully saturated rings. The fraction of sp³-hybridized carbons (Fsp3) is 0.158. The number of rotatable bonds is 3. The number of aromatic nitrogens is 4. The molecule has 3 aromatic rings. The third-order valence-corrected chi connectivity index (χ3v) is 4.49. The van der Waals surface area contributed by atoms with Crippen molar-refractivity contribution in [2.45, 2.75) is 19.1 Å². The molecule has 0 aliphatic carbocycles. The standard InChI is InChI=1S/C19H15F3N6O/c1-11-15(17(29)27-14-6-2-5-13(8-14)19(20,21)22)16(12-4-3-7-23-9-12)28-18(26-11)24-10-25-28/h2-10,16H,1H3,(H,27,29)(H,24,25,26)/t16-/m0/s1. The molecule has 1 amide bonds. The van der Waals surface area contributed by atoms with E-state index in [0.717, 1.165) is 12.1 Å². The Kier molecular flexibility index (Phi) is 4.53. The molecule has 0 saturated carbocycles. The second-order valence-electron chi connectivity index (χ2n) is 6.41. The van der Waals surface area contributed by atoms with Crippen molar-refractivity contribution in [2.75, 3.05) is 10.6 Å². The number of benzene rings is 1. The monoisotopic (exact) mass is 400 g/mol. The van der Waals surface area contributed by atoms with Crippen molar-refractivity contribution in [3.8, 4) is 0 Å². The number of pyridine rings is 1. The lowest BCUT2D eigenvalue weighted by atomic mass is 9.96. The van der Waals surface area contributed by atoms with E-state index in [-0.39, 0.29) is 5.69 Å². The molecule has 1 aliphatic rings. The van der Waals surface area contributed by atoms with Crippen molar-refractivity contribution in [1.82, 2.24) is 19.7 Å². The van der Waals surface area contributed by atoms with Crippen LogP contribution in [0, 0.1) is 0 Å². The van der Waals surface area contributed by atoms with E-state index in [9.17, 15) is 18.0 Å². The van der Waals surface area contributed by atoms with Crippen LogP contribution < -0.4 is 10.6 Å². The van der Waals surface area contributed by atoms with E-state index in [2.05, 4.69) is 25.7 Å². The first-order valence-electron chi connectivity index (χ1n) is 8.60. The van der Waals surface area contributed by atoms with Crippen LogP contribution in [-0.4, -0.2) is 25.7 Å². The maximum atomic E-state index is 13.1. The van der Waals surface area contributed by atoms with Crippen LogP contribution in [0.15, 0.2) is 66.4 Å². The van der Waals surface area contributed by atoms with Crippen LogP contribution in [0.1, 0.15) is 24.1 Å². The van der Waals surface area contributed by atoms with E-state index < -0.39 is 23.7 Å². The van der Waals surface area contributed by atoms with Gasteiger partial charge in [0.15, 0.2) is 0 Å². The Hall–Kier alpha value is -3.69. The molecule has 10 heteroatoms. The van der Waals surface area contributed by atoms with Gasteiger partial charge in [-0.05, 0) is 36.8 Å². The minimum atomic E-state index is -4.50. The van der Waals surface area contributed by atoms with Crippen molar-refractivity contribution in [2.24, 2.45) is 0 Å². The molecule has 4 rings (SSSR count). The summed E-state index contributed by atoms with van der Waals surface area (Å²) >= 11 is 0. The van der Waals surface area contributed by atoms with Crippen LogP contribution in [0.3, 0.4) is 0 Å². The molecule has 3 heterocycles. The minimum absolute atomic E-state index is 0.0412. The van der Waals surface area contributed by atoms with Gasteiger partial charge in [-0.25, -0.2) is 4.68 Å². The lowest BCUT2D eigenvalue weighted by Gasteiger charge is -2.28. The van der Waals surface area contributed by atoms with E-state index in [1.54, 1.807) is 31.5 Å². The van der Waals surface area contributed by atoms with Crippen LogP contribution in [0.2, 0.25) is 0 Å². The molecule has 1 atom stereocenters. The van der Waals surface area contributed by atoms with Gasteiger partial charge < -0.3 is 10.6 Å². The number of fused-ring (bicyclic) bond motifs is 1. The van der Waals surface area contributed by atoms with Gasteiger partial charge in [-0.3, -0.25) is 9.78 Å². The number of nitrogens with one attached hydrogen (secondary N) is 2. The fourth-order valence-corrected chi connectivity index (χ4v) is 3.20. The Bertz CT molecular complexity index is 1090. The molecule has 2 aromatic heterocycles. The second-order valence-corrected chi connectivity index (χ2v) is 6.41. The van der Waals surface area contributed by atoms with Crippen molar-refractivity contribution in [3.05, 3.63) is 77.5 Å². The SMILES string of the molecule is CC1=C(C(=O)Nc2cccc(C(F)(F)F)c2)[C@H](c2cccnc2)n2ncnc2N1. The fourth-order valence-electron chi connectivity index (χ4n) is 3.20. The molecule has 0 unspecified atom stereocenters. The Morgan fingerprint density at radius 3 is 2.79 bits per heavy atom. The predicted octanol–water partition coefficient (Wildman–Crippen LogP) is 3.62. The number of halogens is 3. The number of nitrogens with zero attached hydrogens (tertiary/aromatic N) is 4. The lowest BCUT2D eigenvalue weighted by molar-refractivity contribution is -0.137. The molecule has 29 heavy (non-hydrogen) atoms. The zero-order valence-corrected chi connectivity index (χ0v) is 15.1. The second kappa shape index (κ2) is 7.04. The van der Waals surface area contributed by atoms with E-state index >= 15 is 0 Å². The summed E-state index contributed by atoms with van der Waals surface area (Å²) in [6.07, 6.45) is 0.0564. The summed E-state index contributed by atoms with van der Waals surface area (Å²) in [6, 6.07) is 7.37. The van der Waals surface area contributed by atoms with Gasteiger partial charge in [0.05, 0.1) is 11.1 Å². The third kappa shape index (κ3) is 3.56. The summed E-state index contributed by atoms with van der Waals surface area (Å²) < 4.78 is 40.5. The Balaban J connectivity index is 1.71. The highest BCUT2D eigenvalue weighted by atomic mass is 19.4. The van der Waals surface area contributed by atoms with Gasteiger partial charge in [-0.2, -0.15) is 23.3 Å². The van der Waals surface area contributed by atoms with Crippen LogP contribution in [0.4, 0.5) is 24.8 Å². The van der Waals surface area contributed by atoms with Gasteiger partial charge in [0.2, 0.25) is 5.95 Å². The van der Waals surface area contributed by atoms with Crippen LogP contribution in [0.25, 0.3) is 0 Å². The number of carbonyl (C=O) groups excluding carboxylic acids is 1. The molecule has 2 N–H and O–H groups in total. The maximum absolute atomic E-state index is 13.1. The summed E-state index contributed by atoms with van der Waals surface area (Å²) in [5, 5.41) is 9.75. The molecule has 148 valence electrons. The first kappa shape index (κ1) is 18.7. The Labute approximate surface area is 163 Å². The normalized spacial score (nSPS) is 16.2. The molecule has 0 spiro atoms. The number of allylic oxidation sites excluding steroid dienone is 1. The maximum Gasteiger partial charge on any atom is 0.416 e. The van der Waals surface area contributed by atoms with Gasteiger partial charge in [0.25, 0.3) is 5.91 Å². The first-order chi connectivity index (χ1) is 13.8. The summed E-state index contributed by atoms with van der Waals surface area (Å²) in [4.78, 5) is 21.3. The number of amides is 1. The molecular weight excluding hydrogens is 385 g/mol. The lowest BCUT2D eigenvalue weighted by Crippen LogP contribution is -2.31. The quantitative estimate of drug-likeness (QED) is 0.702. The first-order valence-corrected chi connectivity index (χ1v) is 8.60. The van der Waals surface area contributed by atoms with E-state index in [4.69, 9.17) is 0 Å². The average Bonchev–Trinajstić information content (AvgIpc) is 3.15. The summed E-state index contributed by atoms with van der Waals surface area (Å²) in [6.45, 7) is 1.70. The van der Waals surface area contributed by atoms with Crippen molar-refractivity contribution >= 4 is 17.5 Å². The highest BCUT2D eigenvalue weighted by Crippen LogP contribution is 2.35. The van der Waals surface area contributed by atoms with E-state index in [0.29, 0.717) is 22.8 Å². The zero-order chi connectivity index (χ0) is 20.6. The van der Waals surface area contributed by atoms with Gasteiger partial charge in [0.1, 0.15) is 12.4 Å². The van der Waals surface area contributed by atoms with Crippen molar-refractivity contribution in [1.29, 1.82) is 0 Å². The van der Waals surface area contributed by atoms with E-state index in [1.165, 1.54) is 23.1 Å². The highest BCUT2D eigenvalue weighted by molar-refractivity contribution is 6.06. The highest BCUT2D eigenvalue weighted by Gasteiger charge is 2.34. The van der Waals surface area contributed by atoms with Crippen LogP contribution in [0.5, 0.6) is 0 Å². The molecule has 0 radical (unpaired) electrons. The van der Waals surface area contributed by atoms with Crippen molar-refractivity contribution < 1.29 is 18.0 Å². The number of hydrogen-bond donors (Lipinski definition) is 2. The van der Waals surface area contributed by atoms with Crippen molar-refractivity contribution in [3.63, 3.8) is 0 Å². The van der Waals surface area contributed by atoms with Gasteiger partial charge >= 0.3 is 6.18 Å². The van der Waals surface area contributed by atoms with Gasteiger partial charge in [0, 0.05) is 23.8 Å². The number of anilines is 2. The van der Waals surface area contributed by atoms with E-state index in [1.807, 2.05) is 0 Å². The number of carbonyl (C=O) groups is 1. The Morgan fingerprint density at radius 1 is 1.24 bits per heavy atom. The minimum Gasteiger partial charge on any atom is -0.328 e. The summed E-state index contributed by atoms with van der Waals surface area (Å²) in [5.74, 6) is -0.101. The smallest absolute Gasteiger partial charge is 0.328 e. The van der Waals surface area contributed by atoms with Crippen LogP contribution in [-0.2, 0) is 11.0 Å². The third-order valence-electron chi connectivity index (χ3n) is 4.49. The molecule has 1 aromatic carbocycles. The van der Waals surface area contributed by atoms with Gasteiger partial charge in [-0.1, -0.05) is 12.1 Å². The van der Waals surface area contributed by atoms with Crippen LogP contribution >= 0.6 is 0 Å². The molecule has 7 nitrogen and oxygen atoms in total. The molecule has 1 aliphatic heterocycles.